The lowest BCUT2D eigenvalue weighted by atomic mass is 10.2. The molecule has 0 saturated heterocycles. The number of unbranched alkanes of at least 4 members (excludes halogenated alkanes) is 4. The van der Waals surface area contributed by atoms with Gasteiger partial charge in [-0.2, -0.15) is 8.42 Å². The summed E-state index contributed by atoms with van der Waals surface area (Å²) < 4.78 is 28.8. The highest BCUT2D eigenvalue weighted by Gasteiger charge is 2.02. The number of rotatable bonds is 10. The van der Waals surface area contributed by atoms with Crippen LogP contribution in [0.1, 0.15) is 39.0 Å². The molecule has 0 atom stereocenters. The summed E-state index contributed by atoms with van der Waals surface area (Å²) in [5.74, 6) is -0.0866. The van der Waals surface area contributed by atoms with Crippen LogP contribution in [0.5, 0.6) is 0 Å². The van der Waals surface area contributed by atoms with Gasteiger partial charge in [-0.25, -0.2) is 0 Å². The summed E-state index contributed by atoms with van der Waals surface area (Å²) >= 11 is 0. The fourth-order valence-corrected chi connectivity index (χ4v) is 1.74. The number of hydrogen-bond donors (Lipinski definition) is 2. The van der Waals surface area contributed by atoms with E-state index in [-0.39, 0.29) is 5.75 Å². The van der Waals surface area contributed by atoms with E-state index in [1.165, 1.54) is 0 Å². The Morgan fingerprint density at radius 2 is 1.56 bits per heavy atom. The standard InChI is InChI=1S/C7H16O3S.C6H11N/c1-2-3-4-5-6-7-11(8,9)10;1-3-5-7-6-4-2/h2-7H2,1H3,(H,8,9,10);3-4,7H,1-2,5-6H2. The van der Waals surface area contributed by atoms with Crippen LogP contribution in [0.15, 0.2) is 25.3 Å². The van der Waals surface area contributed by atoms with Crippen molar-refractivity contribution in [1.82, 2.24) is 5.32 Å². The average molecular weight is 277 g/mol. The van der Waals surface area contributed by atoms with Crippen LogP contribution >= 0.6 is 0 Å². The van der Waals surface area contributed by atoms with Crippen molar-refractivity contribution in [3.8, 4) is 0 Å². The molecule has 0 bridgehead atoms. The van der Waals surface area contributed by atoms with E-state index in [4.69, 9.17) is 4.55 Å². The van der Waals surface area contributed by atoms with Crippen molar-refractivity contribution in [3.05, 3.63) is 25.3 Å². The van der Waals surface area contributed by atoms with Crippen LogP contribution < -0.4 is 5.32 Å². The van der Waals surface area contributed by atoms with Crippen LogP contribution in [0.3, 0.4) is 0 Å². The van der Waals surface area contributed by atoms with Gasteiger partial charge in [0.05, 0.1) is 5.75 Å². The first-order valence-corrected chi connectivity index (χ1v) is 7.96. The summed E-state index contributed by atoms with van der Waals surface area (Å²) in [6.07, 6.45) is 8.48. The zero-order valence-electron chi connectivity index (χ0n) is 11.4. The van der Waals surface area contributed by atoms with Gasteiger partial charge in [-0.05, 0) is 6.42 Å². The number of hydrogen-bond acceptors (Lipinski definition) is 3. The molecule has 0 saturated carbocycles. The van der Waals surface area contributed by atoms with Crippen molar-refractivity contribution in [2.24, 2.45) is 0 Å². The Labute approximate surface area is 112 Å². The number of nitrogens with one attached hydrogen (secondary N) is 1. The Hall–Kier alpha value is -0.650. The maximum Gasteiger partial charge on any atom is 0.264 e. The van der Waals surface area contributed by atoms with Gasteiger partial charge in [-0.3, -0.25) is 4.55 Å². The Kier molecular flexibility index (Phi) is 15.8. The molecule has 0 aliphatic rings. The maximum atomic E-state index is 10.2. The van der Waals surface area contributed by atoms with Crippen molar-refractivity contribution in [2.45, 2.75) is 39.0 Å². The monoisotopic (exact) mass is 277 g/mol. The summed E-state index contributed by atoms with van der Waals surface area (Å²) in [6.45, 7) is 10.9. The molecule has 0 aromatic heterocycles. The zero-order chi connectivity index (χ0) is 14.3. The molecule has 108 valence electrons. The van der Waals surface area contributed by atoms with E-state index in [9.17, 15) is 8.42 Å². The van der Waals surface area contributed by atoms with Crippen LogP contribution in [0.4, 0.5) is 0 Å². The van der Waals surface area contributed by atoms with Gasteiger partial charge in [0.1, 0.15) is 0 Å². The second-order valence-corrected chi connectivity index (χ2v) is 5.51. The fourth-order valence-electron chi connectivity index (χ4n) is 1.18. The van der Waals surface area contributed by atoms with Crippen molar-refractivity contribution in [3.63, 3.8) is 0 Å². The predicted molar refractivity (Wildman–Crippen MR) is 78.4 cm³/mol. The fraction of sp³-hybridized carbons (Fsp3) is 0.692. The topological polar surface area (TPSA) is 66.4 Å². The summed E-state index contributed by atoms with van der Waals surface area (Å²) in [4.78, 5) is 0. The minimum absolute atomic E-state index is 0.0866. The smallest absolute Gasteiger partial charge is 0.264 e. The lowest BCUT2D eigenvalue weighted by Gasteiger charge is -1.96. The van der Waals surface area contributed by atoms with Crippen molar-refractivity contribution >= 4 is 10.1 Å². The second-order valence-electron chi connectivity index (χ2n) is 3.94. The van der Waals surface area contributed by atoms with Crippen LogP contribution in [0, 0.1) is 0 Å². The first kappa shape index (κ1) is 19.7. The Bertz CT molecular complexity index is 279. The van der Waals surface area contributed by atoms with E-state index in [2.05, 4.69) is 25.4 Å². The maximum absolute atomic E-state index is 10.2. The molecule has 0 aromatic carbocycles. The van der Waals surface area contributed by atoms with Crippen LogP contribution in [-0.2, 0) is 10.1 Å². The normalized spacial score (nSPS) is 10.3. The van der Waals surface area contributed by atoms with Crippen molar-refractivity contribution in [1.29, 1.82) is 0 Å². The molecule has 0 heterocycles. The van der Waals surface area contributed by atoms with E-state index in [0.717, 1.165) is 38.8 Å². The summed E-state index contributed by atoms with van der Waals surface area (Å²) in [5.41, 5.74) is 0. The van der Waals surface area contributed by atoms with Gasteiger partial charge in [0.2, 0.25) is 0 Å². The van der Waals surface area contributed by atoms with E-state index in [1.54, 1.807) is 0 Å². The minimum Gasteiger partial charge on any atom is -0.310 e. The summed E-state index contributed by atoms with van der Waals surface area (Å²) in [5, 5.41) is 3.05. The van der Waals surface area contributed by atoms with Gasteiger partial charge in [0.15, 0.2) is 0 Å². The van der Waals surface area contributed by atoms with Crippen LogP contribution in [0.25, 0.3) is 0 Å². The molecule has 18 heavy (non-hydrogen) atoms. The van der Waals surface area contributed by atoms with Gasteiger partial charge >= 0.3 is 0 Å². The second kappa shape index (κ2) is 14.4. The minimum atomic E-state index is -3.71. The molecule has 0 amide bonds. The predicted octanol–water partition coefficient (Wildman–Crippen LogP) is 2.79. The third-order valence-electron chi connectivity index (χ3n) is 2.08. The molecule has 0 aliphatic heterocycles. The molecular weight excluding hydrogens is 250 g/mol. The van der Waals surface area contributed by atoms with Gasteiger partial charge in [0.25, 0.3) is 10.1 Å². The zero-order valence-corrected chi connectivity index (χ0v) is 12.2. The van der Waals surface area contributed by atoms with E-state index in [0.29, 0.717) is 6.42 Å². The third-order valence-corrected chi connectivity index (χ3v) is 2.89. The van der Waals surface area contributed by atoms with Crippen LogP contribution in [-0.4, -0.2) is 31.8 Å². The first-order chi connectivity index (χ1) is 8.47. The molecule has 4 nitrogen and oxygen atoms in total. The molecule has 0 fully saturated rings. The Morgan fingerprint density at radius 1 is 1.06 bits per heavy atom. The molecule has 0 unspecified atom stereocenters. The van der Waals surface area contributed by atoms with Crippen LogP contribution in [0.2, 0.25) is 0 Å². The molecule has 0 rings (SSSR count). The van der Waals surface area contributed by atoms with Gasteiger partial charge < -0.3 is 5.32 Å². The lowest BCUT2D eigenvalue weighted by molar-refractivity contribution is 0.479. The molecule has 2 N–H and O–H groups in total. The molecule has 0 spiro atoms. The third kappa shape index (κ3) is 24.5. The Balaban J connectivity index is 0. The van der Waals surface area contributed by atoms with Crippen molar-refractivity contribution in [2.75, 3.05) is 18.8 Å². The Morgan fingerprint density at radius 3 is 1.94 bits per heavy atom. The first-order valence-electron chi connectivity index (χ1n) is 6.35. The largest absolute Gasteiger partial charge is 0.310 e. The molecular formula is C13H27NO3S. The highest BCUT2D eigenvalue weighted by atomic mass is 32.2. The van der Waals surface area contributed by atoms with E-state index >= 15 is 0 Å². The quantitative estimate of drug-likeness (QED) is 0.366. The van der Waals surface area contributed by atoms with Crippen molar-refractivity contribution < 1.29 is 13.0 Å². The van der Waals surface area contributed by atoms with Gasteiger partial charge in [-0.1, -0.05) is 44.8 Å². The van der Waals surface area contributed by atoms with Gasteiger partial charge in [0, 0.05) is 13.1 Å². The SMILES string of the molecule is C=CCNCC=C.CCCCCCCS(=O)(=O)O. The average Bonchev–Trinajstić information content (AvgIpc) is 2.29. The molecule has 0 radical (unpaired) electrons. The lowest BCUT2D eigenvalue weighted by Crippen LogP contribution is -2.11. The summed E-state index contributed by atoms with van der Waals surface area (Å²) in [7, 11) is -3.71. The summed E-state index contributed by atoms with van der Waals surface area (Å²) in [6, 6.07) is 0. The molecule has 0 aromatic rings. The van der Waals surface area contributed by atoms with E-state index < -0.39 is 10.1 Å². The van der Waals surface area contributed by atoms with E-state index in [1.807, 2.05) is 12.2 Å². The van der Waals surface area contributed by atoms with Gasteiger partial charge in [-0.15, -0.1) is 13.2 Å². The molecule has 0 aliphatic carbocycles. The highest BCUT2D eigenvalue weighted by molar-refractivity contribution is 7.85. The highest BCUT2D eigenvalue weighted by Crippen LogP contribution is 2.03. The molecule has 5 heteroatoms.